The monoisotopic (exact) mass is 192 g/mol. The van der Waals surface area contributed by atoms with E-state index in [-0.39, 0.29) is 6.42 Å². The lowest BCUT2D eigenvalue weighted by molar-refractivity contribution is -0.246. The van der Waals surface area contributed by atoms with Crippen LogP contribution in [0.15, 0.2) is 0 Å². The Morgan fingerprint density at radius 1 is 1.38 bits per heavy atom. The van der Waals surface area contributed by atoms with Crippen molar-refractivity contribution in [2.24, 2.45) is 0 Å². The fourth-order valence-corrected chi connectivity index (χ4v) is 1.53. The highest BCUT2D eigenvalue weighted by atomic mass is 16.6. The first-order chi connectivity index (χ1) is 6.19. The zero-order chi connectivity index (χ0) is 9.84. The molecule has 0 amide bonds. The Bertz CT molecular complexity index is 151. The van der Waals surface area contributed by atoms with E-state index in [0.717, 1.165) is 0 Å². The van der Waals surface area contributed by atoms with Gasteiger partial charge >= 0.3 is 0 Å². The van der Waals surface area contributed by atoms with Crippen LogP contribution >= 0.6 is 0 Å². The Balaban J connectivity index is 2.54. The molecule has 13 heavy (non-hydrogen) atoms. The van der Waals surface area contributed by atoms with Crippen LogP contribution in [0.5, 0.6) is 0 Å². The van der Waals surface area contributed by atoms with Gasteiger partial charge in [-0.05, 0) is 0 Å². The van der Waals surface area contributed by atoms with Crippen LogP contribution in [0.2, 0.25) is 0 Å². The SMILES string of the molecule is COC[C@H]1O[C@@H](O)C[C@@H](O)C1OC. The molecule has 1 saturated heterocycles. The standard InChI is InChI=1S/C8H16O5/c1-11-4-6-8(12-2)5(9)3-7(10)13-6/h5-10H,3-4H2,1-2H3/t5-,6-,7-,8?/m1/s1. The molecule has 4 atom stereocenters. The Labute approximate surface area is 77.2 Å². The Hall–Kier alpha value is -0.200. The maximum Gasteiger partial charge on any atom is 0.157 e. The summed E-state index contributed by atoms with van der Waals surface area (Å²) in [6.45, 7) is 0.298. The average Bonchev–Trinajstić information content (AvgIpc) is 2.04. The lowest BCUT2D eigenvalue weighted by Gasteiger charge is -2.36. The van der Waals surface area contributed by atoms with Crippen molar-refractivity contribution in [2.75, 3.05) is 20.8 Å². The van der Waals surface area contributed by atoms with Gasteiger partial charge in [-0.2, -0.15) is 0 Å². The Kier molecular flexibility index (Phi) is 4.08. The lowest BCUT2D eigenvalue weighted by atomic mass is 10.0. The molecule has 78 valence electrons. The summed E-state index contributed by atoms with van der Waals surface area (Å²) in [4.78, 5) is 0. The average molecular weight is 192 g/mol. The largest absolute Gasteiger partial charge is 0.390 e. The summed E-state index contributed by atoms with van der Waals surface area (Å²) >= 11 is 0. The number of methoxy groups -OCH3 is 2. The van der Waals surface area contributed by atoms with Crippen LogP contribution in [0.3, 0.4) is 0 Å². The molecule has 0 bridgehead atoms. The molecule has 1 aliphatic rings. The number of hydrogen-bond acceptors (Lipinski definition) is 5. The van der Waals surface area contributed by atoms with Crippen LogP contribution < -0.4 is 0 Å². The molecule has 0 saturated carbocycles. The minimum Gasteiger partial charge on any atom is -0.390 e. The van der Waals surface area contributed by atoms with E-state index in [9.17, 15) is 10.2 Å². The van der Waals surface area contributed by atoms with E-state index in [2.05, 4.69) is 0 Å². The predicted molar refractivity (Wildman–Crippen MR) is 44.2 cm³/mol. The second-order valence-electron chi connectivity index (χ2n) is 3.09. The van der Waals surface area contributed by atoms with Gasteiger partial charge in [-0.15, -0.1) is 0 Å². The number of rotatable bonds is 3. The highest BCUT2D eigenvalue weighted by Gasteiger charge is 2.37. The van der Waals surface area contributed by atoms with Crippen molar-refractivity contribution in [3.05, 3.63) is 0 Å². The summed E-state index contributed by atoms with van der Waals surface area (Å²) in [5.74, 6) is 0. The van der Waals surface area contributed by atoms with Crippen molar-refractivity contribution in [1.82, 2.24) is 0 Å². The van der Waals surface area contributed by atoms with E-state index in [1.54, 1.807) is 0 Å². The third-order valence-electron chi connectivity index (χ3n) is 2.12. The number of ether oxygens (including phenoxy) is 3. The molecule has 1 heterocycles. The summed E-state index contributed by atoms with van der Waals surface area (Å²) in [5, 5.41) is 18.7. The van der Waals surface area contributed by atoms with Crippen LogP contribution in [-0.2, 0) is 14.2 Å². The van der Waals surface area contributed by atoms with Crippen molar-refractivity contribution < 1.29 is 24.4 Å². The van der Waals surface area contributed by atoms with Gasteiger partial charge in [0.1, 0.15) is 12.2 Å². The molecule has 1 aliphatic heterocycles. The number of aliphatic hydroxyl groups is 2. The molecular formula is C8H16O5. The van der Waals surface area contributed by atoms with Gasteiger partial charge in [0.25, 0.3) is 0 Å². The molecule has 0 aliphatic carbocycles. The molecular weight excluding hydrogens is 176 g/mol. The summed E-state index contributed by atoms with van der Waals surface area (Å²) in [7, 11) is 3.03. The van der Waals surface area contributed by atoms with Crippen LogP contribution in [0.4, 0.5) is 0 Å². The molecule has 0 aromatic carbocycles. The van der Waals surface area contributed by atoms with E-state index in [1.807, 2.05) is 0 Å². The predicted octanol–water partition coefficient (Wildman–Crippen LogP) is -0.884. The van der Waals surface area contributed by atoms with Gasteiger partial charge in [0, 0.05) is 20.6 Å². The summed E-state index contributed by atoms with van der Waals surface area (Å²) in [5.41, 5.74) is 0. The maximum absolute atomic E-state index is 9.52. The van der Waals surface area contributed by atoms with Gasteiger partial charge < -0.3 is 24.4 Å². The van der Waals surface area contributed by atoms with Gasteiger partial charge in [0.05, 0.1) is 12.7 Å². The van der Waals surface area contributed by atoms with Crippen LogP contribution in [-0.4, -0.2) is 55.6 Å². The maximum atomic E-state index is 9.52. The van der Waals surface area contributed by atoms with Crippen LogP contribution in [0.1, 0.15) is 6.42 Å². The third kappa shape index (κ3) is 2.62. The second kappa shape index (κ2) is 4.88. The van der Waals surface area contributed by atoms with E-state index >= 15 is 0 Å². The molecule has 0 spiro atoms. The fourth-order valence-electron chi connectivity index (χ4n) is 1.53. The molecule has 1 fully saturated rings. The van der Waals surface area contributed by atoms with Gasteiger partial charge in [-0.25, -0.2) is 0 Å². The fraction of sp³-hybridized carbons (Fsp3) is 1.00. The van der Waals surface area contributed by atoms with Gasteiger partial charge in [-0.3, -0.25) is 0 Å². The molecule has 1 rings (SSSR count). The topological polar surface area (TPSA) is 68.2 Å². The van der Waals surface area contributed by atoms with E-state index in [4.69, 9.17) is 14.2 Å². The van der Waals surface area contributed by atoms with Crippen molar-refractivity contribution in [1.29, 1.82) is 0 Å². The zero-order valence-corrected chi connectivity index (χ0v) is 7.84. The number of hydrogen-bond donors (Lipinski definition) is 2. The minimum atomic E-state index is -0.929. The van der Waals surface area contributed by atoms with Crippen molar-refractivity contribution in [3.63, 3.8) is 0 Å². The molecule has 1 unspecified atom stereocenters. The van der Waals surface area contributed by atoms with Crippen molar-refractivity contribution >= 4 is 0 Å². The minimum absolute atomic E-state index is 0.179. The quantitative estimate of drug-likeness (QED) is 0.607. The Morgan fingerprint density at radius 2 is 2.08 bits per heavy atom. The van der Waals surface area contributed by atoms with E-state index in [0.29, 0.717) is 6.61 Å². The normalized spacial score (nSPS) is 40.6. The summed E-state index contributed by atoms with van der Waals surface area (Å²) in [6.07, 6.45) is -2.29. The Morgan fingerprint density at radius 3 is 2.62 bits per heavy atom. The first-order valence-corrected chi connectivity index (χ1v) is 4.22. The van der Waals surface area contributed by atoms with E-state index in [1.165, 1.54) is 14.2 Å². The molecule has 2 N–H and O–H groups in total. The van der Waals surface area contributed by atoms with Crippen molar-refractivity contribution in [3.8, 4) is 0 Å². The summed E-state index contributed by atoms with van der Waals surface area (Å²) in [6, 6.07) is 0. The molecule has 0 aromatic rings. The highest BCUT2D eigenvalue weighted by molar-refractivity contribution is 4.83. The van der Waals surface area contributed by atoms with Gasteiger partial charge in [-0.1, -0.05) is 0 Å². The third-order valence-corrected chi connectivity index (χ3v) is 2.12. The van der Waals surface area contributed by atoms with Gasteiger partial charge in [0.2, 0.25) is 0 Å². The molecule has 5 nitrogen and oxygen atoms in total. The van der Waals surface area contributed by atoms with Crippen LogP contribution in [0.25, 0.3) is 0 Å². The zero-order valence-electron chi connectivity index (χ0n) is 7.84. The molecule has 0 aromatic heterocycles. The van der Waals surface area contributed by atoms with E-state index < -0.39 is 24.6 Å². The first kappa shape index (κ1) is 10.9. The van der Waals surface area contributed by atoms with Gasteiger partial charge in [0.15, 0.2) is 6.29 Å². The number of aliphatic hydroxyl groups excluding tert-OH is 2. The second-order valence-corrected chi connectivity index (χ2v) is 3.09. The van der Waals surface area contributed by atoms with Crippen LogP contribution in [0, 0.1) is 0 Å². The first-order valence-electron chi connectivity index (χ1n) is 4.22. The van der Waals surface area contributed by atoms with Crippen molar-refractivity contribution in [2.45, 2.75) is 31.0 Å². The highest BCUT2D eigenvalue weighted by Crippen LogP contribution is 2.21. The summed E-state index contributed by atoms with van der Waals surface area (Å²) < 4.78 is 15.1. The lowest BCUT2D eigenvalue weighted by Crippen LogP contribution is -2.51. The molecule has 0 radical (unpaired) electrons. The smallest absolute Gasteiger partial charge is 0.157 e. The molecule has 5 heteroatoms.